The summed E-state index contributed by atoms with van der Waals surface area (Å²) >= 11 is 0. The molecule has 1 aromatic carbocycles. The van der Waals surface area contributed by atoms with Crippen LogP contribution in [0.3, 0.4) is 0 Å². The van der Waals surface area contributed by atoms with Crippen molar-refractivity contribution in [2.75, 3.05) is 6.54 Å². The lowest BCUT2D eigenvalue weighted by Crippen LogP contribution is -2.38. The van der Waals surface area contributed by atoms with Crippen molar-refractivity contribution < 1.29 is 9.53 Å². The molecule has 2 atom stereocenters. The first-order chi connectivity index (χ1) is 10.1. The minimum atomic E-state index is -0.463. The van der Waals surface area contributed by atoms with Gasteiger partial charge >= 0.3 is 0 Å². The van der Waals surface area contributed by atoms with E-state index in [2.05, 4.69) is 19.2 Å². The van der Waals surface area contributed by atoms with Gasteiger partial charge in [-0.15, -0.1) is 0 Å². The summed E-state index contributed by atoms with van der Waals surface area (Å²) in [4.78, 5) is 12.1. The van der Waals surface area contributed by atoms with Gasteiger partial charge in [-0.1, -0.05) is 45.2 Å². The van der Waals surface area contributed by atoms with Gasteiger partial charge < -0.3 is 10.1 Å². The Morgan fingerprint density at radius 2 is 2.10 bits per heavy atom. The molecule has 0 spiro atoms. The molecule has 1 aromatic rings. The average Bonchev–Trinajstić information content (AvgIpc) is 2.47. The molecule has 0 saturated carbocycles. The predicted octanol–water partition coefficient (Wildman–Crippen LogP) is 4.09. The number of carbonyl (C=O) groups is 1. The summed E-state index contributed by atoms with van der Waals surface area (Å²) in [5.74, 6) is 1.28. The smallest absolute Gasteiger partial charge is 0.260 e. The predicted molar refractivity (Wildman–Crippen MR) is 87.6 cm³/mol. The molecule has 21 heavy (non-hydrogen) atoms. The van der Waals surface area contributed by atoms with Crippen LogP contribution in [0.15, 0.2) is 24.3 Å². The van der Waals surface area contributed by atoms with Crippen molar-refractivity contribution in [3.63, 3.8) is 0 Å². The summed E-state index contributed by atoms with van der Waals surface area (Å²) in [5.41, 5.74) is 1.13. The van der Waals surface area contributed by atoms with Crippen molar-refractivity contribution in [3.8, 4) is 5.75 Å². The molecular weight excluding hydrogens is 262 g/mol. The van der Waals surface area contributed by atoms with E-state index in [1.807, 2.05) is 31.2 Å². The fraction of sp³-hybridized carbons (Fsp3) is 0.611. The van der Waals surface area contributed by atoms with Crippen LogP contribution in [0.4, 0.5) is 0 Å². The second-order valence-electron chi connectivity index (χ2n) is 5.74. The molecule has 3 heteroatoms. The van der Waals surface area contributed by atoms with E-state index in [1.54, 1.807) is 6.92 Å². The molecular formula is C18H29NO2. The summed E-state index contributed by atoms with van der Waals surface area (Å²) in [5, 5.41) is 3.01. The maximum absolute atomic E-state index is 12.1. The van der Waals surface area contributed by atoms with Gasteiger partial charge in [0.05, 0.1) is 0 Å². The molecule has 1 rings (SSSR count). The highest BCUT2D eigenvalue weighted by atomic mass is 16.5. The van der Waals surface area contributed by atoms with Crippen molar-refractivity contribution in [1.29, 1.82) is 0 Å². The van der Waals surface area contributed by atoms with Crippen molar-refractivity contribution >= 4 is 5.91 Å². The van der Waals surface area contributed by atoms with Gasteiger partial charge in [0, 0.05) is 6.54 Å². The number of hydrogen-bond acceptors (Lipinski definition) is 2. The van der Waals surface area contributed by atoms with Crippen LogP contribution in [0, 0.1) is 12.8 Å². The SMILES string of the molecule is CCCC[C@@H](CC)CNC(=O)[C@@H](C)Oc1cccc(C)c1. The van der Waals surface area contributed by atoms with E-state index in [0.717, 1.165) is 24.3 Å². The van der Waals surface area contributed by atoms with Crippen LogP contribution in [0.5, 0.6) is 5.75 Å². The lowest BCUT2D eigenvalue weighted by molar-refractivity contribution is -0.127. The molecule has 0 saturated heterocycles. The standard InChI is InChI=1S/C18H29NO2/c1-5-7-10-16(6-2)13-19-18(20)15(4)21-17-11-8-9-14(3)12-17/h8-9,11-12,15-16H,5-7,10,13H2,1-4H3,(H,19,20)/t15-,16-/m1/s1. The van der Waals surface area contributed by atoms with Crippen molar-refractivity contribution in [1.82, 2.24) is 5.32 Å². The van der Waals surface area contributed by atoms with Gasteiger partial charge in [0.1, 0.15) is 5.75 Å². The first-order valence-electron chi connectivity index (χ1n) is 8.07. The molecule has 0 fully saturated rings. The third kappa shape index (κ3) is 6.65. The Morgan fingerprint density at radius 1 is 1.33 bits per heavy atom. The van der Waals surface area contributed by atoms with E-state index in [0.29, 0.717) is 5.92 Å². The van der Waals surface area contributed by atoms with Gasteiger partial charge in [-0.25, -0.2) is 0 Å². The van der Waals surface area contributed by atoms with Crippen molar-refractivity contribution in [2.24, 2.45) is 5.92 Å². The topological polar surface area (TPSA) is 38.3 Å². The highest BCUT2D eigenvalue weighted by Gasteiger charge is 2.16. The summed E-state index contributed by atoms with van der Waals surface area (Å²) in [6.45, 7) is 8.93. The fourth-order valence-corrected chi connectivity index (χ4v) is 2.28. The van der Waals surface area contributed by atoms with E-state index in [4.69, 9.17) is 4.74 Å². The summed E-state index contributed by atoms with van der Waals surface area (Å²) in [7, 11) is 0. The maximum atomic E-state index is 12.1. The van der Waals surface area contributed by atoms with Crippen LogP contribution < -0.4 is 10.1 Å². The number of hydrogen-bond donors (Lipinski definition) is 1. The maximum Gasteiger partial charge on any atom is 0.260 e. The fourth-order valence-electron chi connectivity index (χ4n) is 2.28. The van der Waals surface area contributed by atoms with E-state index in [1.165, 1.54) is 19.3 Å². The molecule has 0 aliphatic carbocycles. The van der Waals surface area contributed by atoms with E-state index in [-0.39, 0.29) is 5.91 Å². The third-order valence-corrected chi connectivity index (χ3v) is 3.78. The van der Waals surface area contributed by atoms with Crippen LogP contribution in [0.25, 0.3) is 0 Å². The van der Waals surface area contributed by atoms with Crippen LogP contribution >= 0.6 is 0 Å². The Balaban J connectivity index is 2.40. The minimum absolute atomic E-state index is 0.0357. The monoisotopic (exact) mass is 291 g/mol. The first-order valence-corrected chi connectivity index (χ1v) is 8.07. The molecule has 118 valence electrons. The molecule has 3 nitrogen and oxygen atoms in total. The van der Waals surface area contributed by atoms with Gasteiger partial charge in [0.2, 0.25) is 0 Å². The lowest BCUT2D eigenvalue weighted by Gasteiger charge is -2.18. The van der Waals surface area contributed by atoms with E-state index < -0.39 is 6.10 Å². The van der Waals surface area contributed by atoms with Crippen molar-refractivity contribution in [2.45, 2.75) is 59.5 Å². The molecule has 0 heterocycles. The van der Waals surface area contributed by atoms with E-state index >= 15 is 0 Å². The van der Waals surface area contributed by atoms with Crippen LogP contribution in [0.1, 0.15) is 52.0 Å². The summed E-state index contributed by atoms with van der Waals surface area (Å²) in [6, 6.07) is 7.77. The molecule has 1 amide bonds. The van der Waals surface area contributed by atoms with E-state index in [9.17, 15) is 4.79 Å². The van der Waals surface area contributed by atoms with Crippen molar-refractivity contribution in [3.05, 3.63) is 29.8 Å². The minimum Gasteiger partial charge on any atom is -0.481 e. The zero-order valence-electron chi connectivity index (χ0n) is 13.8. The third-order valence-electron chi connectivity index (χ3n) is 3.78. The normalized spacial score (nSPS) is 13.5. The number of nitrogens with one attached hydrogen (secondary N) is 1. The first kappa shape index (κ1) is 17.5. The lowest BCUT2D eigenvalue weighted by atomic mass is 9.99. The second kappa shape index (κ2) is 9.43. The number of ether oxygens (including phenoxy) is 1. The van der Waals surface area contributed by atoms with Gasteiger partial charge in [-0.3, -0.25) is 4.79 Å². The number of benzene rings is 1. The molecule has 0 aromatic heterocycles. The quantitative estimate of drug-likeness (QED) is 0.744. The second-order valence-corrected chi connectivity index (χ2v) is 5.74. The molecule has 0 aliphatic heterocycles. The number of aryl methyl sites for hydroxylation is 1. The average molecular weight is 291 g/mol. The Kier molecular flexibility index (Phi) is 7.88. The molecule has 0 aliphatic rings. The zero-order valence-corrected chi connectivity index (χ0v) is 13.8. The van der Waals surface area contributed by atoms with Crippen LogP contribution in [0.2, 0.25) is 0 Å². The molecule has 0 radical (unpaired) electrons. The van der Waals surface area contributed by atoms with Gasteiger partial charge in [-0.2, -0.15) is 0 Å². The zero-order chi connectivity index (χ0) is 15.7. The Morgan fingerprint density at radius 3 is 2.71 bits per heavy atom. The van der Waals surface area contributed by atoms with Gasteiger partial charge in [-0.05, 0) is 43.9 Å². The van der Waals surface area contributed by atoms with Gasteiger partial charge in [0.15, 0.2) is 6.10 Å². The highest BCUT2D eigenvalue weighted by molar-refractivity contribution is 5.80. The molecule has 1 N–H and O–H groups in total. The highest BCUT2D eigenvalue weighted by Crippen LogP contribution is 2.15. The summed E-state index contributed by atoms with van der Waals surface area (Å²) in [6.07, 6.45) is 4.25. The Labute approximate surface area is 129 Å². The van der Waals surface area contributed by atoms with Crippen LogP contribution in [-0.2, 0) is 4.79 Å². The Hall–Kier alpha value is -1.51. The number of carbonyl (C=O) groups excluding carboxylic acids is 1. The largest absolute Gasteiger partial charge is 0.481 e. The van der Waals surface area contributed by atoms with Gasteiger partial charge in [0.25, 0.3) is 5.91 Å². The molecule has 0 unspecified atom stereocenters. The summed E-state index contributed by atoms with van der Waals surface area (Å²) < 4.78 is 5.69. The molecule has 0 bridgehead atoms. The van der Waals surface area contributed by atoms with Crippen LogP contribution in [-0.4, -0.2) is 18.6 Å². The number of amides is 1. The number of unbranched alkanes of at least 4 members (excludes halogenated alkanes) is 1. The Bertz CT molecular complexity index is 431. The number of rotatable bonds is 9.